The second-order valence-electron chi connectivity index (χ2n) is 5.65. The largest absolute Gasteiger partial charge is 0.478 e. The molecule has 1 fully saturated rings. The first-order valence-electron chi connectivity index (χ1n) is 7.31. The lowest BCUT2D eigenvalue weighted by Gasteiger charge is -2.31. The maximum atomic E-state index is 12.5. The van der Waals surface area contributed by atoms with E-state index in [0.717, 1.165) is 0 Å². The lowest BCUT2D eigenvalue weighted by Crippen LogP contribution is -2.49. The zero-order valence-electron chi connectivity index (χ0n) is 12.9. The number of ketones is 1. The molecule has 8 nitrogen and oxygen atoms in total. The molecule has 0 atom stereocenters. The van der Waals surface area contributed by atoms with Crippen molar-refractivity contribution in [1.29, 1.82) is 0 Å². The third kappa shape index (κ3) is 2.85. The van der Waals surface area contributed by atoms with Crippen molar-refractivity contribution in [3.05, 3.63) is 28.5 Å². The zero-order chi connectivity index (χ0) is 17.4. The number of Topliss-reactive ketones (excluding diaryl/α,β-unsaturated/α-hetero) is 1. The number of carbonyl (C=O) groups excluding carboxylic acids is 2. The van der Waals surface area contributed by atoms with E-state index >= 15 is 0 Å². The van der Waals surface area contributed by atoms with Crippen LogP contribution in [-0.2, 0) is 4.79 Å². The van der Waals surface area contributed by atoms with Crippen LogP contribution in [0.4, 0.5) is 0 Å². The monoisotopic (exact) mass is 350 g/mol. The Kier molecular flexibility index (Phi) is 4.25. The second kappa shape index (κ2) is 6.21. The van der Waals surface area contributed by atoms with Crippen LogP contribution in [-0.4, -0.2) is 75.8 Å². The molecule has 9 heteroatoms. The summed E-state index contributed by atoms with van der Waals surface area (Å²) in [5, 5.41) is 9.17. The third-order valence-corrected chi connectivity index (χ3v) is 4.26. The quantitative estimate of drug-likeness (QED) is 0.483. The fraction of sp³-hybridized carbons (Fsp3) is 0.333. The van der Waals surface area contributed by atoms with E-state index in [-0.39, 0.29) is 27.3 Å². The van der Waals surface area contributed by atoms with Crippen molar-refractivity contribution in [3.63, 3.8) is 0 Å². The highest BCUT2D eigenvalue weighted by Crippen LogP contribution is 2.24. The minimum absolute atomic E-state index is 0.0268. The summed E-state index contributed by atoms with van der Waals surface area (Å²) in [5.41, 5.74) is 0.184. The Bertz CT molecular complexity index is 839. The maximum absolute atomic E-state index is 12.5. The molecule has 0 bridgehead atoms. The summed E-state index contributed by atoms with van der Waals surface area (Å²) in [6, 6.07) is 1.19. The molecule has 2 aromatic heterocycles. The number of nitrogens with one attached hydrogen (secondary N) is 1. The van der Waals surface area contributed by atoms with Gasteiger partial charge in [-0.3, -0.25) is 9.59 Å². The Balaban J connectivity index is 1.96. The number of aromatic nitrogens is 2. The molecular formula is C15H15ClN4O4. The number of fused-ring (bicyclic) bond motifs is 1. The first-order chi connectivity index (χ1) is 11.4. The van der Waals surface area contributed by atoms with Gasteiger partial charge in [0.15, 0.2) is 0 Å². The Hall–Kier alpha value is -2.45. The number of pyridine rings is 1. The van der Waals surface area contributed by atoms with Gasteiger partial charge in [-0.05, 0) is 13.1 Å². The van der Waals surface area contributed by atoms with Gasteiger partial charge in [0.05, 0.1) is 16.6 Å². The van der Waals surface area contributed by atoms with E-state index < -0.39 is 17.7 Å². The van der Waals surface area contributed by atoms with Gasteiger partial charge in [0.25, 0.3) is 11.7 Å². The fourth-order valence-electron chi connectivity index (χ4n) is 2.68. The van der Waals surface area contributed by atoms with Gasteiger partial charge in [-0.1, -0.05) is 11.6 Å². The number of hydrogen-bond donors (Lipinski definition) is 2. The summed E-state index contributed by atoms with van der Waals surface area (Å²) in [6.07, 6.45) is 1.30. The number of H-pyrrole nitrogens is 1. The molecule has 0 aromatic carbocycles. The number of aromatic amines is 1. The summed E-state index contributed by atoms with van der Waals surface area (Å²) in [4.78, 5) is 46.5. The van der Waals surface area contributed by atoms with E-state index in [2.05, 4.69) is 14.9 Å². The molecule has 1 amide bonds. The summed E-state index contributed by atoms with van der Waals surface area (Å²) < 4.78 is 0. The summed E-state index contributed by atoms with van der Waals surface area (Å²) >= 11 is 5.85. The molecule has 126 valence electrons. The predicted molar refractivity (Wildman–Crippen MR) is 86.5 cm³/mol. The van der Waals surface area contributed by atoms with E-state index in [9.17, 15) is 19.5 Å². The van der Waals surface area contributed by atoms with E-state index in [1.165, 1.54) is 17.2 Å². The molecule has 3 rings (SSSR count). The number of carboxylic acid groups (broad SMARTS) is 1. The molecule has 0 spiro atoms. The lowest BCUT2D eigenvalue weighted by molar-refractivity contribution is -0.127. The zero-order valence-corrected chi connectivity index (χ0v) is 13.6. The van der Waals surface area contributed by atoms with Crippen LogP contribution in [0.3, 0.4) is 0 Å². The van der Waals surface area contributed by atoms with Crippen LogP contribution in [0.25, 0.3) is 11.0 Å². The number of carboxylic acids is 1. The summed E-state index contributed by atoms with van der Waals surface area (Å²) in [5.74, 6) is -2.55. The van der Waals surface area contributed by atoms with Gasteiger partial charge in [-0.25, -0.2) is 9.78 Å². The van der Waals surface area contributed by atoms with Gasteiger partial charge in [0.2, 0.25) is 0 Å². The molecule has 0 radical (unpaired) electrons. The standard InChI is InChI=1S/C15H15ClN4O4/c1-19-2-4-20(5-3-19)14(22)13(21)9-7-17-11-8(15(23)24)6-10(16)18-12(9)11/h6-7,17H,2-5H2,1H3,(H,23,24). The van der Waals surface area contributed by atoms with E-state index in [4.69, 9.17) is 11.6 Å². The third-order valence-electron chi connectivity index (χ3n) is 4.06. The van der Waals surface area contributed by atoms with E-state index in [0.29, 0.717) is 26.2 Å². The summed E-state index contributed by atoms with van der Waals surface area (Å²) in [6.45, 7) is 2.33. The fourth-order valence-corrected chi connectivity index (χ4v) is 2.87. The van der Waals surface area contributed by atoms with Crippen molar-refractivity contribution < 1.29 is 19.5 Å². The molecule has 0 unspecified atom stereocenters. The molecule has 24 heavy (non-hydrogen) atoms. The van der Waals surface area contributed by atoms with E-state index in [1.807, 2.05) is 7.05 Å². The van der Waals surface area contributed by atoms with Crippen molar-refractivity contribution in [3.8, 4) is 0 Å². The minimum Gasteiger partial charge on any atom is -0.478 e. The molecular weight excluding hydrogens is 336 g/mol. The minimum atomic E-state index is -1.20. The number of amides is 1. The first-order valence-corrected chi connectivity index (χ1v) is 7.69. The average molecular weight is 351 g/mol. The maximum Gasteiger partial charge on any atom is 0.338 e. The number of hydrogen-bond acceptors (Lipinski definition) is 5. The predicted octanol–water partition coefficient (Wildman–Crippen LogP) is 0.871. The van der Waals surface area contributed by atoms with Gasteiger partial charge < -0.3 is 19.9 Å². The Morgan fingerprint density at radius 1 is 1.21 bits per heavy atom. The highest BCUT2D eigenvalue weighted by molar-refractivity contribution is 6.45. The SMILES string of the molecule is CN1CCN(C(=O)C(=O)c2c[nH]c3c(C(=O)O)cc(Cl)nc23)CC1. The van der Waals surface area contributed by atoms with Crippen molar-refractivity contribution >= 4 is 40.3 Å². The molecule has 1 saturated heterocycles. The van der Waals surface area contributed by atoms with Crippen LogP contribution >= 0.6 is 11.6 Å². The Morgan fingerprint density at radius 3 is 2.50 bits per heavy atom. The normalized spacial score (nSPS) is 15.7. The number of likely N-dealkylation sites (N-methyl/N-ethyl adjacent to an activating group) is 1. The molecule has 0 saturated carbocycles. The smallest absolute Gasteiger partial charge is 0.338 e. The van der Waals surface area contributed by atoms with Crippen LogP contribution in [0, 0.1) is 0 Å². The second-order valence-corrected chi connectivity index (χ2v) is 6.04. The molecule has 0 aliphatic carbocycles. The number of carbonyl (C=O) groups is 3. The number of nitrogens with zero attached hydrogens (tertiary/aromatic N) is 3. The van der Waals surface area contributed by atoms with Crippen molar-refractivity contribution in [2.45, 2.75) is 0 Å². The van der Waals surface area contributed by atoms with Gasteiger partial charge in [0, 0.05) is 32.4 Å². The van der Waals surface area contributed by atoms with Crippen LogP contribution in [0.5, 0.6) is 0 Å². The van der Waals surface area contributed by atoms with Crippen LogP contribution in [0.2, 0.25) is 5.15 Å². The highest BCUT2D eigenvalue weighted by atomic mass is 35.5. The lowest BCUT2D eigenvalue weighted by atomic mass is 10.1. The van der Waals surface area contributed by atoms with E-state index in [1.54, 1.807) is 0 Å². The van der Waals surface area contributed by atoms with Crippen molar-refractivity contribution in [1.82, 2.24) is 19.8 Å². The molecule has 2 N–H and O–H groups in total. The molecule has 2 aromatic rings. The van der Waals surface area contributed by atoms with Crippen LogP contribution in [0.1, 0.15) is 20.7 Å². The van der Waals surface area contributed by atoms with Gasteiger partial charge >= 0.3 is 5.97 Å². The van der Waals surface area contributed by atoms with Crippen LogP contribution < -0.4 is 0 Å². The van der Waals surface area contributed by atoms with Gasteiger partial charge in [-0.15, -0.1) is 0 Å². The number of rotatable bonds is 3. The molecule has 3 heterocycles. The number of piperazine rings is 1. The Morgan fingerprint density at radius 2 is 1.88 bits per heavy atom. The highest BCUT2D eigenvalue weighted by Gasteiger charge is 2.29. The summed E-state index contributed by atoms with van der Waals surface area (Å²) in [7, 11) is 1.95. The Labute approximate surface area is 142 Å². The van der Waals surface area contributed by atoms with Gasteiger partial charge in [0.1, 0.15) is 10.7 Å². The molecule has 1 aliphatic rings. The van der Waals surface area contributed by atoms with Gasteiger partial charge in [-0.2, -0.15) is 0 Å². The average Bonchev–Trinajstić information content (AvgIpc) is 2.96. The number of halogens is 1. The van der Waals surface area contributed by atoms with Crippen molar-refractivity contribution in [2.24, 2.45) is 0 Å². The van der Waals surface area contributed by atoms with Crippen molar-refractivity contribution in [2.75, 3.05) is 33.2 Å². The first kappa shape index (κ1) is 16.4. The van der Waals surface area contributed by atoms with Crippen LogP contribution in [0.15, 0.2) is 12.3 Å². The molecule has 1 aliphatic heterocycles. The topological polar surface area (TPSA) is 107 Å². The number of aromatic carboxylic acids is 1.